The van der Waals surface area contributed by atoms with E-state index in [0.717, 1.165) is 18.4 Å². The molecule has 0 amide bonds. The second-order valence-electron chi connectivity index (χ2n) is 8.80. The van der Waals surface area contributed by atoms with Crippen LogP contribution >= 0.6 is 34.8 Å². The molecule has 0 unspecified atom stereocenters. The van der Waals surface area contributed by atoms with Crippen LogP contribution in [0.1, 0.15) is 35.2 Å². The van der Waals surface area contributed by atoms with Gasteiger partial charge in [0, 0.05) is 30.2 Å². The molecule has 0 aliphatic heterocycles. The molecule has 1 saturated carbocycles. The maximum Gasteiger partial charge on any atom is 0.411 e. The molecule has 0 radical (unpaired) electrons. The highest BCUT2D eigenvalue weighted by atomic mass is 35.5. The summed E-state index contributed by atoms with van der Waals surface area (Å²) in [5.74, 6) is -6.31. The Morgan fingerprint density at radius 2 is 1.67 bits per heavy atom. The van der Waals surface area contributed by atoms with E-state index in [1.165, 1.54) is 0 Å². The fourth-order valence-corrected chi connectivity index (χ4v) is 5.30. The first kappa shape index (κ1) is 36.1. The zero-order chi connectivity index (χ0) is 32.9. The Hall–Kier alpha value is -3.05. The predicted molar refractivity (Wildman–Crippen MR) is 144 cm³/mol. The van der Waals surface area contributed by atoms with E-state index >= 15 is 0 Å². The number of anilines is 1. The highest BCUT2D eigenvalue weighted by Crippen LogP contribution is 2.35. The maximum absolute atomic E-state index is 12.9. The van der Waals surface area contributed by atoms with Crippen molar-refractivity contribution < 1.29 is 59.7 Å². The molecule has 236 valence electrons. The van der Waals surface area contributed by atoms with Gasteiger partial charge in [0.05, 0.1) is 22.2 Å². The van der Waals surface area contributed by atoms with Crippen LogP contribution in [0.5, 0.6) is 5.88 Å². The summed E-state index contributed by atoms with van der Waals surface area (Å²) in [6.45, 7) is -3.17. The van der Waals surface area contributed by atoms with Gasteiger partial charge in [0.1, 0.15) is 22.6 Å². The van der Waals surface area contributed by atoms with Gasteiger partial charge in [0.25, 0.3) is 0 Å². The maximum atomic E-state index is 12.9. The third-order valence-electron chi connectivity index (χ3n) is 5.50. The largest absolute Gasteiger partial charge is 0.479 e. The van der Waals surface area contributed by atoms with Crippen LogP contribution < -0.4 is 10.5 Å². The first-order valence-electron chi connectivity index (χ1n) is 11.7. The van der Waals surface area contributed by atoms with Gasteiger partial charge in [0.2, 0.25) is 11.8 Å². The summed E-state index contributed by atoms with van der Waals surface area (Å²) in [6, 6.07) is 2.04. The number of alkyl halides is 3. The monoisotopic (exact) mass is 694 g/mol. The number of halogens is 7. The van der Waals surface area contributed by atoms with E-state index < -0.39 is 91.8 Å². The quantitative estimate of drug-likeness (QED) is 0.163. The lowest BCUT2D eigenvalue weighted by Crippen LogP contribution is -2.35. The van der Waals surface area contributed by atoms with Crippen molar-refractivity contribution in [3.05, 3.63) is 44.3 Å². The number of nitrogens with zero attached hydrogens (tertiary/aromatic N) is 1. The Labute approximate surface area is 256 Å². The molecule has 1 aliphatic carbocycles. The summed E-state index contributed by atoms with van der Waals surface area (Å²) >= 11 is 17.1. The normalized spacial score (nSPS) is 14.2. The number of carboxylic acid groups (broad SMARTS) is 1. The minimum absolute atomic E-state index is 0.0444. The number of carboxylic acids is 1. The SMILES string of the molecule is CS(=O)(=O)c1ccc(C(=O)C2C(=O)CCCC2=O)c(Cl)c1COCC(F)(F)F.Nc1c(Cl)c(F)nc(OCC(=O)O)c1Cl. The number of aromatic nitrogens is 1. The number of hydrogen-bond acceptors (Lipinski definition) is 10. The van der Waals surface area contributed by atoms with Gasteiger partial charge < -0.3 is 20.3 Å². The number of hydrogen-bond donors (Lipinski definition) is 2. The van der Waals surface area contributed by atoms with Crippen LogP contribution in [-0.2, 0) is 35.6 Å². The third-order valence-corrected chi connectivity index (χ3v) is 7.84. The van der Waals surface area contributed by atoms with Crippen molar-refractivity contribution in [3.8, 4) is 5.88 Å². The van der Waals surface area contributed by atoms with E-state index in [4.69, 9.17) is 45.6 Å². The zero-order valence-electron chi connectivity index (χ0n) is 21.8. The Morgan fingerprint density at radius 1 is 1.09 bits per heavy atom. The van der Waals surface area contributed by atoms with Crippen molar-refractivity contribution in [1.82, 2.24) is 4.98 Å². The fraction of sp³-hybridized carbons (Fsp3) is 0.375. The number of nitrogen functional groups attached to an aromatic ring is 1. The van der Waals surface area contributed by atoms with Crippen molar-refractivity contribution in [1.29, 1.82) is 0 Å². The van der Waals surface area contributed by atoms with E-state index in [-0.39, 0.29) is 34.7 Å². The van der Waals surface area contributed by atoms with Crippen LogP contribution in [0.4, 0.5) is 23.2 Å². The Bertz CT molecular complexity index is 1540. The summed E-state index contributed by atoms with van der Waals surface area (Å²) < 4.78 is 82.9. The third kappa shape index (κ3) is 9.72. The molecule has 3 rings (SSSR count). The van der Waals surface area contributed by atoms with E-state index in [9.17, 15) is 45.2 Å². The highest BCUT2D eigenvalue weighted by molar-refractivity contribution is 7.90. The molecular weight excluding hydrogens is 675 g/mol. The number of ether oxygens (including phenoxy) is 2. The van der Waals surface area contributed by atoms with Crippen LogP contribution in [0.3, 0.4) is 0 Å². The van der Waals surface area contributed by atoms with Crippen molar-refractivity contribution in [2.24, 2.45) is 5.92 Å². The van der Waals surface area contributed by atoms with Crippen molar-refractivity contribution in [3.63, 3.8) is 0 Å². The van der Waals surface area contributed by atoms with Gasteiger partial charge in [0.15, 0.2) is 33.8 Å². The Kier molecular flexibility index (Phi) is 12.3. The van der Waals surface area contributed by atoms with Gasteiger partial charge in [-0.25, -0.2) is 13.2 Å². The van der Waals surface area contributed by atoms with E-state index in [1.807, 2.05) is 0 Å². The van der Waals surface area contributed by atoms with Crippen LogP contribution in [-0.4, -0.2) is 67.5 Å². The summed E-state index contributed by atoms with van der Waals surface area (Å²) in [5, 5.41) is 7.21. The molecular formula is C24H21Cl3F4N2O9S. The number of carbonyl (C=O) groups is 4. The molecule has 0 saturated heterocycles. The number of benzene rings is 1. The van der Waals surface area contributed by atoms with Crippen LogP contribution in [0.25, 0.3) is 0 Å². The molecule has 0 spiro atoms. The average Bonchev–Trinajstić information content (AvgIpc) is 2.88. The number of Topliss-reactive ketones (excluding diaryl/α,β-unsaturated/α-hetero) is 3. The van der Waals surface area contributed by atoms with Gasteiger partial charge >= 0.3 is 12.1 Å². The highest BCUT2D eigenvalue weighted by Gasteiger charge is 2.38. The van der Waals surface area contributed by atoms with Crippen LogP contribution in [0, 0.1) is 11.9 Å². The van der Waals surface area contributed by atoms with Gasteiger partial charge in [-0.1, -0.05) is 34.8 Å². The van der Waals surface area contributed by atoms with E-state index in [2.05, 4.69) is 14.5 Å². The molecule has 43 heavy (non-hydrogen) atoms. The molecule has 0 bridgehead atoms. The smallest absolute Gasteiger partial charge is 0.411 e. The van der Waals surface area contributed by atoms with Crippen molar-refractivity contribution >= 4 is 73.6 Å². The molecule has 1 aromatic carbocycles. The van der Waals surface area contributed by atoms with Gasteiger partial charge in [-0.05, 0) is 18.6 Å². The predicted octanol–water partition coefficient (Wildman–Crippen LogP) is 4.52. The molecule has 1 fully saturated rings. The average molecular weight is 696 g/mol. The number of sulfone groups is 1. The second kappa shape index (κ2) is 14.6. The molecule has 11 nitrogen and oxygen atoms in total. The second-order valence-corrected chi connectivity index (χ2v) is 11.9. The number of pyridine rings is 1. The number of rotatable bonds is 9. The standard InChI is InChI=1S/C17H16ClF3O6S.C7H5Cl2FN2O3/c1-28(25,26)13-6-5-9(15(18)10(13)7-27-8-17(19,20)21)16(24)14-11(22)3-2-4-12(14)23;8-3-5(11)4(9)7(12-6(3)10)15-1-2(13)14/h5-6,14H,2-4,7-8H2,1H3;1H2,(H2,11,12)(H,13,14). The minimum atomic E-state index is -4.65. The lowest BCUT2D eigenvalue weighted by Gasteiger charge is -2.20. The first-order chi connectivity index (χ1) is 19.8. The van der Waals surface area contributed by atoms with Gasteiger partial charge in [-0.3, -0.25) is 14.4 Å². The summed E-state index contributed by atoms with van der Waals surface area (Å²) in [7, 11) is -3.90. The van der Waals surface area contributed by atoms with Gasteiger partial charge in [-0.15, -0.1) is 0 Å². The first-order valence-corrected chi connectivity index (χ1v) is 14.7. The molecule has 0 atom stereocenters. The summed E-state index contributed by atoms with van der Waals surface area (Å²) in [5.41, 5.74) is 4.42. The topological polar surface area (TPSA) is 180 Å². The lowest BCUT2D eigenvalue weighted by atomic mass is 9.81. The molecule has 2 aromatic rings. The Morgan fingerprint density at radius 3 is 2.19 bits per heavy atom. The number of carbonyl (C=O) groups excluding carboxylic acids is 3. The number of ketones is 3. The van der Waals surface area contributed by atoms with Crippen molar-refractivity contribution in [2.75, 3.05) is 25.2 Å². The lowest BCUT2D eigenvalue weighted by molar-refractivity contribution is -0.176. The van der Waals surface area contributed by atoms with E-state index in [0.29, 0.717) is 6.42 Å². The molecule has 1 aliphatic rings. The van der Waals surface area contributed by atoms with Crippen LogP contribution in [0.15, 0.2) is 17.0 Å². The van der Waals surface area contributed by atoms with E-state index in [1.54, 1.807) is 0 Å². The Balaban J connectivity index is 0.000000362. The molecule has 19 heteroatoms. The number of nitrogens with two attached hydrogens (primary N) is 1. The minimum Gasteiger partial charge on any atom is -0.479 e. The summed E-state index contributed by atoms with van der Waals surface area (Å²) in [4.78, 5) is 49.7. The van der Waals surface area contributed by atoms with Gasteiger partial charge in [-0.2, -0.15) is 22.5 Å². The molecule has 1 heterocycles. The van der Waals surface area contributed by atoms with Crippen molar-refractivity contribution in [2.45, 2.75) is 36.9 Å². The van der Waals surface area contributed by atoms with Crippen LogP contribution in [0.2, 0.25) is 15.1 Å². The number of aliphatic carboxylic acids is 1. The fourth-order valence-electron chi connectivity index (χ4n) is 3.63. The molecule has 1 aromatic heterocycles. The zero-order valence-corrected chi connectivity index (χ0v) is 24.9. The summed E-state index contributed by atoms with van der Waals surface area (Å²) in [6.07, 6.45) is -3.40. The molecule has 3 N–H and O–H groups in total.